The number of aromatic amines is 1. The smallest absolute Gasteiger partial charge is 0.255 e. The van der Waals surface area contributed by atoms with Crippen LogP contribution >= 0.6 is 0 Å². The first kappa shape index (κ1) is 19.5. The number of carbonyl (C=O) groups is 1. The van der Waals surface area contributed by atoms with Crippen LogP contribution in [0.15, 0.2) is 72.8 Å². The fraction of sp³-hybridized carbons (Fsp3) is 0.120. The first-order chi connectivity index (χ1) is 14.6. The van der Waals surface area contributed by atoms with Crippen LogP contribution in [0.5, 0.6) is 5.75 Å². The molecule has 0 fully saturated rings. The van der Waals surface area contributed by atoms with Crippen molar-refractivity contribution in [2.24, 2.45) is 0 Å². The predicted molar refractivity (Wildman–Crippen MR) is 120 cm³/mol. The van der Waals surface area contributed by atoms with Gasteiger partial charge in [-0.3, -0.25) is 4.79 Å². The molecule has 150 valence electrons. The third-order valence-electron chi connectivity index (χ3n) is 4.71. The van der Waals surface area contributed by atoms with Crippen molar-refractivity contribution >= 4 is 28.7 Å². The second-order valence-corrected chi connectivity index (χ2v) is 6.98. The summed E-state index contributed by atoms with van der Waals surface area (Å²) in [6, 6.07) is 23.0. The molecule has 4 aromatic rings. The summed E-state index contributed by atoms with van der Waals surface area (Å²) in [5.41, 5.74) is 4.98. The Bertz CT molecular complexity index is 1160. The highest BCUT2D eigenvalue weighted by Gasteiger charge is 2.13. The number of H-pyrrole nitrogens is 1. The molecule has 0 atom stereocenters. The van der Waals surface area contributed by atoms with Crippen molar-refractivity contribution in [2.45, 2.75) is 13.8 Å². The molecule has 5 nitrogen and oxygen atoms in total. The van der Waals surface area contributed by atoms with E-state index in [9.17, 15) is 4.79 Å². The number of fused-ring (bicyclic) bond motifs is 1. The Morgan fingerprint density at radius 3 is 2.47 bits per heavy atom. The second kappa shape index (κ2) is 8.66. The summed E-state index contributed by atoms with van der Waals surface area (Å²) in [7, 11) is 0. The SMILES string of the molecule is CCOc1ccc(C=C(NC(=O)c2ccc(C)cc2)c2nc3ccccc3[nH]2)cc1. The van der Waals surface area contributed by atoms with Gasteiger partial charge in [0.1, 0.15) is 5.75 Å². The number of rotatable bonds is 6. The summed E-state index contributed by atoms with van der Waals surface area (Å²) in [6.07, 6.45) is 1.90. The number of nitrogens with one attached hydrogen (secondary N) is 2. The van der Waals surface area contributed by atoms with Crippen LogP contribution < -0.4 is 10.1 Å². The second-order valence-electron chi connectivity index (χ2n) is 6.98. The van der Waals surface area contributed by atoms with Gasteiger partial charge >= 0.3 is 0 Å². The molecule has 0 radical (unpaired) electrons. The molecule has 4 rings (SSSR count). The molecule has 0 saturated carbocycles. The van der Waals surface area contributed by atoms with Crippen LogP contribution in [0.4, 0.5) is 0 Å². The molecule has 0 unspecified atom stereocenters. The average Bonchev–Trinajstić information content (AvgIpc) is 3.19. The first-order valence-corrected chi connectivity index (χ1v) is 9.90. The highest BCUT2D eigenvalue weighted by atomic mass is 16.5. The molecule has 30 heavy (non-hydrogen) atoms. The molecular weight excluding hydrogens is 374 g/mol. The van der Waals surface area contributed by atoms with Crippen molar-refractivity contribution in [1.82, 2.24) is 15.3 Å². The Balaban J connectivity index is 1.70. The van der Waals surface area contributed by atoms with Gasteiger partial charge in [-0.2, -0.15) is 0 Å². The van der Waals surface area contributed by atoms with E-state index in [0.29, 0.717) is 23.7 Å². The van der Waals surface area contributed by atoms with Gasteiger partial charge in [-0.25, -0.2) is 4.98 Å². The van der Waals surface area contributed by atoms with Crippen molar-refractivity contribution in [2.75, 3.05) is 6.61 Å². The number of hydrogen-bond donors (Lipinski definition) is 2. The standard InChI is InChI=1S/C25H23N3O2/c1-3-30-20-14-10-18(11-15-20)16-23(24-26-21-6-4-5-7-22(21)27-24)28-25(29)19-12-8-17(2)9-13-19/h4-16H,3H2,1-2H3,(H,26,27)(H,28,29). The van der Waals surface area contributed by atoms with Crippen LogP contribution in [0, 0.1) is 6.92 Å². The zero-order chi connectivity index (χ0) is 20.9. The number of ether oxygens (including phenoxy) is 1. The summed E-state index contributed by atoms with van der Waals surface area (Å²) in [5.74, 6) is 1.22. The summed E-state index contributed by atoms with van der Waals surface area (Å²) in [5, 5.41) is 3.02. The summed E-state index contributed by atoms with van der Waals surface area (Å²) >= 11 is 0. The van der Waals surface area contributed by atoms with E-state index in [2.05, 4.69) is 15.3 Å². The lowest BCUT2D eigenvalue weighted by Crippen LogP contribution is -2.22. The minimum Gasteiger partial charge on any atom is -0.494 e. The molecular formula is C25H23N3O2. The molecule has 0 spiro atoms. The van der Waals surface area contributed by atoms with Gasteiger partial charge in [0.2, 0.25) is 0 Å². The zero-order valence-corrected chi connectivity index (χ0v) is 17.0. The molecule has 0 aliphatic heterocycles. The number of aromatic nitrogens is 2. The number of aryl methyl sites for hydroxylation is 1. The summed E-state index contributed by atoms with van der Waals surface area (Å²) < 4.78 is 5.51. The van der Waals surface area contributed by atoms with Crippen molar-refractivity contribution in [3.8, 4) is 5.75 Å². The lowest BCUT2D eigenvalue weighted by molar-refractivity contribution is 0.0973. The first-order valence-electron chi connectivity index (χ1n) is 9.90. The van der Waals surface area contributed by atoms with Crippen LogP contribution in [0.3, 0.4) is 0 Å². The van der Waals surface area contributed by atoms with Gasteiger partial charge in [0.25, 0.3) is 5.91 Å². The minimum atomic E-state index is -0.187. The van der Waals surface area contributed by atoms with E-state index in [1.54, 1.807) is 0 Å². The predicted octanol–water partition coefficient (Wildman–Crippen LogP) is 5.20. The molecule has 0 saturated heterocycles. The number of hydrogen-bond acceptors (Lipinski definition) is 3. The zero-order valence-electron chi connectivity index (χ0n) is 17.0. The van der Waals surface area contributed by atoms with Crippen molar-refractivity contribution in [3.05, 3.63) is 95.3 Å². The quantitative estimate of drug-likeness (QED) is 0.470. The van der Waals surface area contributed by atoms with Gasteiger partial charge in [-0.1, -0.05) is 42.0 Å². The van der Waals surface area contributed by atoms with E-state index in [1.807, 2.05) is 92.7 Å². The summed E-state index contributed by atoms with van der Waals surface area (Å²) in [6.45, 7) is 4.56. The van der Waals surface area contributed by atoms with Crippen LogP contribution in [0.1, 0.15) is 34.2 Å². The largest absolute Gasteiger partial charge is 0.494 e. The number of benzene rings is 3. The maximum absolute atomic E-state index is 12.9. The van der Waals surface area contributed by atoms with Crippen LogP contribution in [-0.2, 0) is 0 Å². The van der Waals surface area contributed by atoms with Crippen molar-refractivity contribution < 1.29 is 9.53 Å². The van der Waals surface area contributed by atoms with Crippen LogP contribution in [0.25, 0.3) is 22.8 Å². The minimum absolute atomic E-state index is 0.187. The Labute approximate surface area is 175 Å². The van der Waals surface area contributed by atoms with E-state index >= 15 is 0 Å². The molecule has 0 aliphatic rings. The fourth-order valence-electron chi connectivity index (χ4n) is 3.14. The molecule has 1 amide bonds. The maximum Gasteiger partial charge on any atom is 0.255 e. The third-order valence-corrected chi connectivity index (χ3v) is 4.71. The monoisotopic (exact) mass is 397 g/mol. The van der Waals surface area contributed by atoms with E-state index in [4.69, 9.17) is 4.74 Å². The number of para-hydroxylation sites is 2. The Morgan fingerprint density at radius 2 is 1.77 bits per heavy atom. The highest BCUT2D eigenvalue weighted by molar-refractivity contribution is 6.01. The Kier molecular flexibility index (Phi) is 5.61. The Hall–Kier alpha value is -3.86. The van der Waals surface area contributed by atoms with Gasteiger partial charge in [0, 0.05) is 5.56 Å². The normalized spacial score (nSPS) is 11.5. The molecule has 5 heteroatoms. The van der Waals surface area contributed by atoms with Crippen molar-refractivity contribution in [3.63, 3.8) is 0 Å². The fourth-order valence-corrected chi connectivity index (χ4v) is 3.14. The van der Waals surface area contributed by atoms with Crippen LogP contribution in [-0.4, -0.2) is 22.5 Å². The molecule has 1 heterocycles. The summed E-state index contributed by atoms with van der Waals surface area (Å²) in [4.78, 5) is 20.8. The van der Waals surface area contributed by atoms with E-state index in [-0.39, 0.29) is 5.91 Å². The molecule has 0 aliphatic carbocycles. The van der Waals surface area contributed by atoms with Gasteiger partial charge < -0.3 is 15.0 Å². The molecule has 0 bridgehead atoms. The number of imidazole rings is 1. The van der Waals surface area contributed by atoms with Gasteiger partial charge in [-0.15, -0.1) is 0 Å². The molecule has 3 aromatic carbocycles. The third kappa shape index (κ3) is 4.41. The van der Waals surface area contributed by atoms with Gasteiger partial charge in [0.05, 0.1) is 23.3 Å². The van der Waals surface area contributed by atoms with Crippen LogP contribution in [0.2, 0.25) is 0 Å². The molecule has 1 aromatic heterocycles. The van der Waals surface area contributed by atoms with Crippen molar-refractivity contribution in [1.29, 1.82) is 0 Å². The average molecular weight is 397 g/mol. The lowest BCUT2D eigenvalue weighted by atomic mass is 10.1. The maximum atomic E-state index is 12.9. The molecule has 2 N–H and O–H groups in total. The number of nitrogens with zero attached hydrogens (tertiary/aromatic N) is 1. The van der Waals surface area contributed by atoms with E-state index in [0.717, 1.165) is 27.9 Å². The topological polar surface area (TPSA) is 67.0 Å². The van der Waals surface area contributed by atoms with Gasteiger partial charge in [-0.05, 0) is 61.9 Å². The highest BCUT2D eigenvalue weighted by Crippen LogP contribution is 2.20. The van der Waals surface area contributed by atoms with E-state index in [1.165, 1.54) is 0 Å². The lowest BCUT2D eigenvalue weighted by Gasteiger charge is -2.09. The number of carbonyl (C=O) groups excluding carboxylic acids is 1. The Morgan fingerprint density at radius 1 is 1.03 bits per heavy atom. The van der Waals surface area contributed by atoms with Gasteiger partial charge in [0.15, 0.2) is 5.82 Å². The number of amides is 1. The van der Waals surface area contributed by atoms with E-state index < -0.39 is 0 Å².